The van der Waals surface area contributed by atoms with E-state index in [9.17, 15) is 0 Å². The quantitative estimate of drug-likeness (QED) is 0.734. The molecule has 3 atom stereocenters. The summed E-state index contributed by atoms with van der Waals surface area (Å²) in [5.41, 5.74) is 1.36. The highest BCUT2D eigenvalue weighted by Crippen LogP contribution is 2.31. The molecule has 0 spiro atoms. The summed E-state index contributed by atoms with van der Waals surface area (Å²) in [6.45, 7) is 3.06. The molecule has 1 fully saturated rings. The van der Waals surface area contributed by atoms with E-state index in [1.54, 1.807) is 11.3 Å². The third kappa shape index (κ3) is 2.74. The summed E-state index contributed by atoms with van der Waals surface area (Å²) in [6, 6.07) is 2.16. The Morgan fingerprint density at radius 1 is 1.67 bits per heavy atom. The normalized spacial score (nSPS) is 28.1. The summed E-state index contributed by atoms with van der Waals surface area (Å²) in [4.78, 5) is 0. The Bertz CT molecular complexity index is 286. The van der Waals surface area contributed by atoms with Crippen molar-refractivity contribution in [2.24, 2.45) is 5.92 Å². The lowest BCUT2D eigenvalue weighted by molar-refractivity contribution is 0.0865. The van der Waals surface area contributed by atoms with E-state index in [-0.39, 0.29) is 5.38 Å². The second-order valence-electron chi connectivity index (χ2n) is 4.12. The Kier molecular flexibility index (Phi) is 4.06. The monoisotopic (exact) mass is 244 g/mol. The maximum atomic E-state index is 6.48. The molecule has 1 nitrogen and oxygen atoms in total. The van der Waals surface area contributed by atoms with Crippen molar-refractivity contribution in [3.63, 3.8) is 0 Å². The zero-order valence-electron chi connectivity index (χ0n) is 8.99. The molecular weight excluding hydrogens is 228 g/mol. The summed E-state index contributed by atoms with van der Waals surface area (Å²) in [5, 5.41) is 4.53. The summed E-state index contributed by atoms with van der Waals surface area (Å²) in [7, 11) is 0. The van der Waals surface area contributed by atoms with E-state index in [2.05, 4.69) is 23.8 Å². The number of hydrogen-bond donors (Lipinski definition) is 0. The number of hydrogen-bond acceptors (Lipinski definition) is 2. The second kappa shape index (κ2) is 5.33. The standard InChI is InChI=1S/C12H17ClOS/c1-2-12-10(3-5-14-12)11(13)7-9-4-6-15-8-9/h4,6,8,10-12H,2-3,5,7H2,1H3. The van der Waals surface area contributed by atoms with E-state index >= 15 is 0 Å². The van der Waals surface area contributed by atoms with Crippen LogP contribution in [0.2, 0.25) is 0 Å². The average molecular weight is 245 g/mol. The first-order chi connectivity index (χ1) is 7.31. The van der Waals surface area contributed by atoms with Crippen LogP contribution in [-0.2, 0) is 11.2 Å². The Morgan fingerprint density at radius 2 is 2.53 bits per heavy atom. The van der Waals surface area contributed by atoms with Crippen LogP contribution in [0.15, 0.2) is 16.8 Å². The molecule has 0 aliphatic carbocycles. The van der Waals surface area contributed by atoms with Gasteiger partial charge in [0, 0.05) is 17.9 Å². The molecule has 3 unspecified atom stereocenters. The minimum Gasteiger partial charge on any atom is -0.378 e. The first-order valence-electron chi connectivity index (χ1n) is 5.58. The van der Waals surface area contributed by atoms with Gasteiger partial charge in [-0.2, -0.15) is 11.3 Å². The number of thiophene rings is 1. The van der Waals surface area contributed by atoms with Crippen molar-refractivity contribution in [1.29, 1.82) is 0 Å². The highest BCUT2D eigenvalue weighted by atomic mass is 35.5. The molecule has 0 radical (unpaired) electrons. The SMILES string of the molecule is CCC1OCCC1C(Cl)Cc1ccsc1. The Balaban J connectivity index is 1.92. The Hall–Kier alpha value is -0.0500. The van der Waals surface area contributed by atoms with Crippen molar-refractivity contribution in [1.82, 2.24) is 0 Å². The maximum Gasteiger partial charge on any atom is 0.0615 e. The molecule has 1 aromatic rings. The van der Waals surface area contributed by atoms with Gasteiger partial charge in [0.1, 0.15) is 0 Å². The van der Waals surface area contributed by atoms with Gasteiger partial charge in [0.2, 0.25) is 0 Å². The molecule has 0 N–H and O–H groups in total. The molecule has 2 heterocycles. The molecule has 2 rings (SSSR count). The van der Waals surface area contributed by atoms with Crippen LogP contribution in [-0.4, -0.2) is 18.1 Å². The van der Waals surface area contributed by atoms with Crippen LogP contribution in [0, 0.1) is 5.92 Å². The third-order valence-corrected chi connectivity index (χ3v) is 4.35. The largest absolute Gasteiger partial charge is 0.378 e. The fourth-order valence-corrected chi connectivity index (χ4v) is 3.43. The van der Waals surface area contributed by atoms with E-state index in [1.807, 2.05) is 0 Å². The van der Waals surface area contributed by atoms with Crippen molar-refractivity contribution in [2.75, 3.05) is 6.61 Å². The molecule has 1 saturated heterocycles. The topological polar surface area (TPSA) is 9.23 Å². The lowest BCUT2D eigenvalue weighted by Crippen LogP contribution is -2.25. The molecule has 1 aliphatic heterocycles. The van der Waals surface area contributed by atoms with E-state index in [0.29, 0.717) is 12.0 Å². The zero-order chi connectivity index (χ0) is 10.7. The maximum absolute atomic E-state index is 6.48. The van der Waals surface area contributed by atoms with Crippen LogP contribution in [0.3, 0.4) is 0 Å². The summed E-state index contributed by atoms with van der Waals surface area (Å²) in [6.07, 6.45) is 3.57. The minimum absolute atomic E-state index is 0.229. The summed E-state index contributed by atoms with van der Waals surface area (Å²) < 4.78 is 5.67. The van der Waals surface area contributed by atoms with Gasteiger partial charge in [-0.25, -0.2) is 0 Å². The third-order valence-electron chi connectivity index (χ3n) is 3.14. The first kappa shape index (κ1) is 11.4. The predicted octanol–water partition coefficient (Wildman–Crippen LogP) is 3.71. The molecule has 0 bridgehead atoms. The molecule has 0 saturated carbocycles. The minimum atomic E-state index is 0.229. The summed E-state index contributed by atoms with van der Waals surface area (Å²) in [5.74, 6) is 0.538. The van der Waals surface area contributed by atoms with Gasteiger partial charge in [0.15, 0.2) is 0 Å². The molecule has 3 heteroatoms. The lowest BCUT2D eigenvalue weighted by Gasteiger charge is -2.21. The van der Waals surface area contributed by atoms with Gasteiger partial charge in [0.25, 0.3) is 0 Å². The van der Waals surface area contributed by atoms with Crippen molar-refractivity contribution < 1.29 is 4.74 Å². The molecule has 0 amide bonds. The van der Waals surface area contributed by atoms with Gasteiger partial charge in [0.05, 0.1) is 6.10 Å². The van der Waals surface area contributed by atoms with Crippen molar-refractivity contribution in [3.05, 3.63) is 22.4 Å². The fourth-order valence-electron chi connectivity index (χ4n) is 2.28. The van der Waals surface area contributed by atoms with Crippen molar-refractivity contribution in [2.45, 2.75) is 37.7 Å². The Labute approximate surface area is 100 Å². The number of ether oxygens (including phenoxy) is 1. The van der Waals surface area contributed by atoms with Crippen LogP contribution in [0.1, 0.15) is 25.3 Å². The fraction of sp³-hybridized carbons (Fsp3) is 0.667. The van der Waals surface area contributed by atoms with Gasteiger partial charge in [-0.3, -0.25) is 0 Å². The van der Waals surface area contributed by atoms with E-state index < -0.39 is 0 Å². The molecule has 0 aromatic carbocycles. The van der Waals surface area contributed by atoms with Gasteiger partial charge in [-0.15, -0.1) is 11.6 Å². The Morgan fingerprint density at radius 3 is 3.20 bits per heavy atom. The van der Waals surface area contributed by atoms with Crippen LogP contribution in [0.25, 0.3) is 0 Å². The van der Waals surface area contributed by atoms with Gasteiger partial charge in [-0.1, -0.05) is 6.92 Å². The van der Waals surface area contributed by atoms with Crippen LogP contribution >= 0.6 is 22.9 Å². The van der Waals surface area contributed by atoms with Crippen LogP contribution < -0.4 is 0 Å². The predicted molar refractivity (Wildman–Crippen MR) is 65.8 cm³/mol. The number of rotatable bonds is 4. The van der Waals surface area contributed by atoms with Crippen LogP contribution in [0.4, 0.5) is 0 Å². The smallest absolute Gasteiger partial charge is 0.0615 e. The molecular formula is C12H17ClOS. The molecule has 1 aliphatic rings. The van der Waals surface area contributed by atoms with Gasteiger partial charge >= 0.3 is 0 Å². The molecule has 1 aromatic heterocycles. The molecule has 15 heavy (non-hydrogen) atoms. The van der Waals surface area contributed by atoms with Crippen LogP contribution in [0.5, 0.6) is 0 Å². The molecule has 84 valence electrons. The first-order valence-corrected chi connectivity index (χ1v) is 6.96. The number of halogens is 1. The highest BCUT2D eigenvalue weighted by molar-refractivity contribution is 7.07. The summed E-state index contributed by atoms with van der Waals surface area (Å²) >= 11 is 8.22. The van der Waals surface area contributed by atoms with E-state index in [1.165, 1.54) is 5.56 Å². The van der Waals surface area contributed by atoms with Gasteiger partial charge in [-0.05, 0) is 41.7 Å². The van der Waals surface area contributed by atoms with Crippen molar-refractivity contribution >= 4 is 22.9 Å². The lowest BCUT2D eigenvalue weighted by atomic mass is 9.92. The van der Waals surface area contributed by atoms with Gasteiger partial charge < -0.3 is 4.74 Å². The van der Waals surface area contributed by atoms with Crippen molar-refractivity contribution in [3.8, 4) is 0 Å². The van der Waals surface area contributed by atoms with E-state index in [4.69, 9.17) is 16.3 Å². The van der Waals surface area contributed by atoms with E-state index in [0.717, 1.165) is 25.9 Å². The zero-order valence-corrected chi connectivity index (χ0v) is 10.6. The highest BCUT2D eigenvalue weighted by Gasteiger charge is 2.32. The second-order valence-corrected chi connectivity index (χ2v) is 5.46. The number of alkyl halides is 1. The average Bonchev–Trinajstić information content (AvgIpc) is 2.86.